The Labute approximate surface area is 127 Å². The van der Waals surface area contributed by atoms with Gasteiger partial charge in [0.25, 0.3) is 5.56 Å². The predicted molar refractivity (Wildman–Crippen MR) is 78.1 cm³/mol. The van der Waals surface area contributed by atoms with Crippen LogP contribution in [0.15, 0.2) is 39.7 Å². The molecule has 0 aliphatic carbocycles. The molecule has 21 heavy (non-hydrogen) atoms. The second kappa shape index (κ2) is 6.62. The first kappa shape index (κ1) is 15.4. The van der Waals surface area contributed by atoms with Crippen LogP contribution in [0.3, 0.4) is 0 Å². The Morgan fingerprint density at radius 3 is 2.67 bits per heavy atom. The average Bonchev–Trinajstić information content (AvgIpc) is 2.41. The number of nitrogens with one attached hydrogen (secondary N) is 2. The van der Waals surface area contributed by atoms with Crippen LogP contribution in [0.1, 0.15) is 12.0 Å². The normalized spacial score (nSPS) is 10.4. The zero-order chi connectivity index (χ0) is 15.4. The molecule has 2 aromatic rings. The Morgan fingerprint density at radius 1 is 1.24 bits per heavy atom. The lowest BCUT2D eigenvalue weighted by Gasteiger charge is -2.05. The SMILES string of the molecule is O=C(CCc1ccc(F)cc1F)Nc1ccc(Br)[nH]c1=O. The van der Waals surface area contributed by atoms with Crippen LogP contribution in [0.4, 0.5) is 14.5 Å². The monoisotopic (exact) mass is 356 g/mol. The summed E-state index contributed by atoms with van der Waals surface area (Å²) in [6.07, 6.45) is 0.102. The van der Waals surface area contributed by atoms with Crippen molar-refractivity contribution < 1.29 is 13.6 Å². The van der Waals surface area contributed by atoms with E-state index >= 15 is 0 Å². The fourth-order valence-electron chi connectivity index (χ4n) is 1.73. The molecule has 0 fully saturated rings. The van der Waals surface area contributed by atoms with Crippen molar-refractivity contribution >= 4 is 27.5 Å². The number of amides is 1. The smallest absolute Gasteiger partial charge is 0.272 e. The number of hydrogen-bond donors (Lipinski definition) is 2. The van der Waals surface area contributed by atoms with Gasteiger partial charge in [0, 0.05) is 12.5 Å². The highest BCUT2D eigenvalue weighted by atomic mass is 79.9. The van der Waals surface area contributed by atoms with E-state index in [9.17, 15) is 18.4 Å². The molecule has 1 amide bonds. The number of hydrogen-bond acceptors (Lipinski definition) is 2. The quantitative estimate of drug-likeness (QED) is 0.827. The van der Waals surface area contributed by atoms with E-state index < -0.39 is 23.1 Å². The molecule has 0 bridgehead atoms. The van der Waals surface area contributed by atoms with E-state index in [1.807, 2.05) is 0 Å². The van der Waals surface area contributed by atoms with Gasteiger partial charge in [0.05, 0.1) is 4.60 Å². The molecule has 1 heterocycles. The molecular weight excluding hydrogens is 346 g/mol. The highest BCUT2D eigenvalue weighted by molar-refractivity contribution is 9.10. The third-order valence-electron chi connectivity index (χ3n) is 2.78. The Bertz CT molecular complexity index is 731. The summed E-state index contributed by atoms with van der Waals surface area (Å²) in [5.74, 6) is -1.78. The summed E-state index contributed by atoms with van der Waals surface area (Å²) >= 11 is 3.10. The minimum atomic E-state index is -0.690. The van der Waals surface area contributed by atoms with Gasteiger partial charge in [-0.05, 0) is 46.1 Å². The molecule has 4 nitrogen and oxygen atoms in total. The third kappa shape index (κ3) is 4.22. The molecule has 0 atom stereocenters. The van der Waals surface area contributed by atoms with Crippen molar-refractivity contribution in [3.63, 3.8) is 0 Å². The van der Waals surface area contributed by atoms with Crippen molar-refractivity contribution in [2.24, 2.45) is 0 Å². The Hall–Kier alpha value is -2.02. The summed E-state index contributed by atoms with van der Waals surface area (Å²) < 4.78 is 26.7. The first-order chi connectivity index (χ1) is 9.95. The van der Waals surface area contributed by atoms with Crippen LogP contribution in [0.25, 0.3) is 0 Å². The Balaban J connectivity index is 1.97. The van der Waals surface area contributed by atoms with Crippen LogP contribution in [0.5, 0.6) is 0 Å². The minimum absolute atomic E-state index is 0.0158. The number of aryl methyl sites for hydroxylation is 1. The van der Waals surface area contributed by atoms with Crippen molar-refractivity contribution in [1.82, 2.24) is 4.98 Å². The second-order valence-electron chi connectivity index (χ2n) is 4.33. The van der Waals surface area contributed by atoms with E-state index in [2.05, 4.69) is 26.2 Å². The van der Waals surface area contributed by atoms with Crippen molar-refractivity contribution in [2.75, 3.05) is 5.32 Å². The van der Waals surface area contributed by atoms with Gasteiger partial charge in [0.2, 0.25) is 5.91 Å². The summed E-state index contributed by atoms with van der Waals surface area (Å²) in [6.45, 7) is 0. The highest BCUT2D eigenvalue weighted by Crippen LogP contribution is 2.12. The van der Waals surface area contributed by atoms with Gasteiger partial charge in [-0.2, -0.15) is 0 Å². The standard InChI is InChI=1S/C14H11BrF2N2O2/c15-12-5-4-11(14(21)19-12)18-13(20)6-2-8-1-3-9(16)7-10(8)17/h1,3-5,7H,2,6H2,(H,18,20)(H,19,21). The van der Waals surface area contributed by atoms with Crippen LogP contribution in [0.2, 0.25) is 0 Å². The molecule has 0 spiro atoms. The van der Waals surface area contributed by atoms with Crippen LogP contribution in [-0.4, -0.2) is 10.9 Å². The zero-order valence-corrected chi connectivity index (χ0v) is 12.3. The minimum Gasteiger partial charge on any atom is -0.321 e. The van der Waals surface area contributed by atoms with Crippen LogP contribution < -0.4 is 10.9 Å². The fraction of sp³-hybridized carbons (Fsp3) is 0.143. The summed E-state index contributed by atoms with van der Waals surface area (Å²) in [7, 11) is 0. The lowest BCUT2D eigenvalue weighted by molar-refractivity contribution is -0.116. The van der Waals surface area contributed by atoms with Gasteiger partial charge >= 0.3 is 0 Å². The second-order valence-corrected chi connectivity index (χ2v) is 5.19. The van der Waals surface area contributed by atoms with Crippen molar-refractivity contribution in [3.8, 4) is 0 Å². The number of pyridine rings is 1. The number of aromatic amines is 1. The fourth-order valence-corrected chi connectivity index (χ4v) is 2.05. The van der Waals surface area contributed by atoms with Crippen molar-refractivity contribution in [1.29, 1.82) is 0 Å². The number of carbonyl (C=O) groups is 1. The van der Waals surface area contributed by atoms with Gasteiger partial charge in [-0.15, -0.1) is 0 Å². The molecule has 0 aliphatic rings. The molecule has 0 saturated heterocycles. The number of H-pyrrole nitrogens is 1. The summed E-state index contributed by atoms with van der Waals surface area (Å²) in [5, 5.41) is 2.44. The molecule has 0 aliphatic heterocycles. The number of aromatic nitrogens is 1. The molecule has 7 heteroatoms. The van der Waals surface area contributed by atoms with Gasteiger partial charge in [0.15, 0.2) is 0 Å². The van der Waals surface area contributed by atoms with E-state index in [1.165, 1.54) is 12.1 Å². The maximum atomic E-state index is 13.4. The van der Waals surface area contributed by atoms with Crippen LogP contribution >= 0.6 is 15.9 Å². The molecule has 0 unspecified atom stereocenters. The highest BCUT2D eigenvalue weighted by Gasteiger charge is 2.09. The van der Waals surface area contributed by atoms with Crippen LogP contribution in [0, 0.1) is 11.6 Å². The molecule has 2 rings (SSSR count). The zero-order valence-electron chi connectivity index (χ0n) is 10.8. The summed E-state index contributed by atoms with van der Waals surface area (Å²) in [6, 6.07) is 6.24. The number of halogens is 3. The largest absolute Gasteiger partial charge is 0.321 e. The van der Waals surface area contributed by atoms with Gasteiger partial charge in [-0.25, -0.2) is 8.78 Å². The molecule has 1 aromatic carbocycles. The van der Waals surface area contributed by atoms with Gasteiger partial charge < -0.3 is 10.3 Å². The third-order valence-corrected chi connectivity index (χ3v) is 3.25. The molecule has 2 N–H and O–H groups in total. The van der Waals surface area contributed by atoms with E-state index in [-0.39, 0.29) is 24.1 Å². The Kier molecular flexibility index (Phi) is 4.85. The molecule has 110 valence electrons. The number of anilines is 1. The molecular formula is C14H11BrF2N2O2. The summed E-state index contributed by atoms with van der Waals surface area (Å²) in [5.41, 5.74) is -0.0790. The van der Waals surface area contributed by atoms with Gasteiger partial charge in [-0.3, -0.25) is 9.59 Å². The number of benzene rings is 1. The lowest BCUT2D eigenvalue weighted by Crippen LogP contribution is -2.20. The maximum Gasteiger partial charge on any atom is 0.272 e. The summed E-state index contributed by atoms with van der Waals surface area (Å²) in [4.78, 5) is 25.7. The topological polar surface area (TPSA) is 62.0 Å². The van der Waals surface area contributed by atoms with Crippen molar-refractivity contribution in [3.05, 3.63) is 62.5 Å². The average molecular weight is 357 g/mol. The van der Waals surface area contributed by atoms with Gasteiger partial charge in [0.1, 0.15) is 17.3 Å². The molecule has 1 aromatic heterocycles. The predicted octanol–water partition coefficient (Wildman–Crippen LogP) is 2.99. The van der Waals surface area contributed by atoms with E-state index in [0.29, 0.717) is 4.60 Å². The van der Waals surface area contributed by atoms with Gasteiger partial charge in [-0.1, -0.05) is 6.07 Å². The first-order valence-corrected chi connectivity index (χ1v) is 6.87. The van der Waals surface area contributed by atoms with E-state index in [4.69, 9.17) is 0 Å². The maximum absolute atomic E-state index is 13.4. The Morgan fingerprint density at radius 2 is 2.00 bits per heavy atom. The number of carbonyl (C=O) groups excluding carboxylic acids is 1. The number of rotatable bonds is 4. The lowest BCUT2D eigenvalue weighted by atomic mass is 10.1. The van der Waals surface area contributed by atoms with Crippen LogP contribution in [-0.2, 0) is 11.2 Å². The first-order valence-electron chi connectivity index (χ1n) is 6.08. The molecule has 0 radical (unpaired) electrons. The van der Waals surface area contributed by atoms with E-state index in [0.717, 1.165) is 12.1 Å². The van der Waals surface area contributed by atoms with Crippen molar-refractivity contribution in [2.45, 2.75) is 12.8 Å². The van der Waals surface area contributed by atoms with E-state index in [1.54, 1.807) is 6.07 Å². The molecule has 0 saturated carbocycles.